The van der Waals surface area contributed by atoms with Crippen molar-refractivity contribution < 1.29 is 39.7 Å². The highest BCUT2D eigenvalue weighted by atomic mass is 16.3. The van der Waals surface area contributed by atoms with Crippen molar-refractivity contribution in [2.75, 3.05) is 14.1 Å². The number of benzene rings is 2. The number of phenolic OH excluding ortho intramolecular Hbond substituents is 2. The minimum absolute atomic E-state index is 0.0275. The quantitative estimate of drug-likeness (QED) is 0.336. The maximum atomic E-state index is 13.6. The number of fused-ring (bicyclic) bond motifs is 3. The standard InChI is InChI=1S/C22H22N2O7/c1-8-9-5-4-6-12(25)13(9)17(26)14-10(8)7-11-16(24(2)3)18(27)15(21(23)30)20(29)22(11,31)19(14)28/h4-6,11,16,25-26,29,31H,7H2,1-3H3,(H2,23,30)/p+1/t11-,16-,22+/m0/s1. The molecule has 4 rings (SSSR count). The zero-order chi connectivity index (χ0) is 23.0. The molecule has 0 unspecified atom stereocenters. The van der Waals surface area contributed by atoms with Crippen LogP contribution in [-0.2, 0) is 16.0 Å². The molecule has 2 aliphatic carbocycles. The predicted molar refractivity (Wildman–Crippen MR) is 109 cm³/mol. The zero-order valence-corrected chi connectivity index (χ0v) is 17.2. The van der Waals surface area contributed by atoms with Crippen molar-refractivity contribution in [1.29, 1.82) is 0 Å². The Balaban J connectivity index is 2.11. The lowest BCUT2D eigenvalue weighted by atomic mass is 9.61. The van der Waals surface area contributed by atoms with Gasteiger partial charge in [0.1, 0.15) is 22.8 Å². The molecule has 0 aromatic heterocycles. The molecule has 0 fully saturated rings. The van der Waals surface area contributed by atoms with Crippen LogP contribution < -0.4 is 10.6 Å². The van der Waals surface area contributed by atoms with Crippen molar-refractivity contribution in [3.63, 3.8) is 0 Å². The van der Waals surface area contributed by atoms with Crippen LogP contribution in [0.3, 0.4) is 0 Å². The van der Waals surface area contributed by atoms with Crippen LogP contribution in [0.5, 0.6) is 11.5 Å². The van der Waals surface area contributed by atoms with Gasteiger partial charge in [0.2, 0.25) is 11.6 Å². The number of carbonyl (C=O) groups is 3. The van der Waals surface area contributed by atoms with Crippen LogP contribution in [0.2, 0.25) is 0 Å². The number of primary amides is 1. The van der Waals surface area contributed by atoms with E-state index in [1.165, 1.54) is 6.07 Å². The molecule has 2 aromatic carbocycles. The number of ketones is 2. The number of aliphatic hydroxyl groups excluding tert-OH is 1. The van der Waals surface area contributed by atoms with Gasteiger partial charge < -0.3 is 31.1 Å². The molecule has 0 spiro atoms. The Morgan fingerprint density at radius 2 is 1.84 bits per heavy atom. The third-order valence-electron chi connectivity index (χ3n) is 6.61. The van der Waals surface area contributed by atoms with Crippen LogP contribution in [0.1, 0.15) is 21.5 Å². The lowest BCUT2D eigenvalue weighted by Crippen LogP contribution is -3.13. The predicted octanol–water partition coefficient (Wildman–Crippen LogP) is -0.961. The van der Waals surface area contributed by atoms with E-state index in [9.17, 15) is 34.8 Å². The molecule has 9 nitrogen and oxygen atoms in total. The summed E-state index contributed by atoms with van der Waals surface area (Å²) in [5, 5.41) is 44.0. The largest absolute Gasteiger partial charge is 0.508 e. The molecule has 9 heteroatoms. The van der Waals surface area contributed by atoms with Gasteiger partial charge in [-0.15, -0.1) is 0 Å². The first-order valence-electron chi connectivity index (χ1n) is 9.75. The van der Waals surface area contributed by atoms with Gasteiger partial charge in [-0.25, -0.2) is 0 Å². The van der Waals surface area contributed by atoms with Gasteiger partial charge in [0.25, 0.3) is 5.91 Å². The van der Waals surface area contributed by atoms with Crippen LogP contribution >= 0.6 is 0 Å². The molecule has 2 aromatic rings. The number of nitrogens with one attached hydrogen (secondary N) is 1. The smallest absolute Gasteiger partial charge is 0.256 e. The van der Waals surface area contributed by atoms with Gasteiger partial charge in [-0.1, -0.05) is 12.1 Å². The molecule has 162 valence electrons. The number of Topliss-reactive ketones (excluding diaryl/α,β-unsaturated/α-hetero) is 2. The molecule has 0 saturated carbocycles. The number of aromatic hydroxyl groups is 2. The summed E-state index contributed by atoms with van der Waals surface area (Å²) < 4.78 is 0. The van der Waals surface area contributed by atoms with Crippen LogP contribution in [0.4, 0.5) is 0 Å². The van der Waals surface area contributed by atoms with Crippen LogP contribution in [0.25, 0.3) is 10.8 Å². The monoisotopic (exact) mass is 427 g/mol. The third-order valence-corrected chi connectivity index (χ3v) is 6.61. The van der Waals surface area contributed by atoms with Gasteiger partial charge in [-0.2, -0.15) is 0 Å². The number of hydrogen-bond donors (Lipinski definition) is 6. The SMILES string of the molecule is Cc1c2c(c(O)c3c(O)cccc13)C(=O)[C@@]1(O)C(O)=C(C(N)=O)C(=O)[C@@H]([NH+](C)C)[C@@H]1C2. The van der Waals surface area contributed by atoms with Gasteiger partial charge >= 0.3 is 0 Å². The fourth-order valence-corrected chi connectivity index (χ4v) is 5.14. The maximum absolute atomic E-state index is 13.6. The maximum Gasteiger partial charge on any atom is 0.256 e. The Morgan fingerprint density at radius 3 is 2.42 bits per heavy atom. The van der Waals surface area contributed by atoms with Gasteiger partial charge in [0.05, 0.1) is 31.0 Å². The second kappa shape index (κ2) is 6.53. The first kappa shape index (κ1) is 20.8. The Bertz CT molecular complexity index is 1230. The van der Waals surface area contributed by atoms with E-state index in [1.807, 2.05) is 0 Å². The van der Waals surface area contributed by atoms with Crippen molar-refractivity contribution >= 4 is 28.2 Å². The third kappa shape index (κ3) is 2.47. The van der Waals surface area contributed by atoms with Gasteiger partial charge in [-0.3, -0.25) is 14.4 Å². The number of amides is 1. The summed E-state index contributed by atoms with van der Waals surface area (Å²) in [6, 6.07) is 3.59. The minimum atomic E-state index is -2.63. The molecular weight excluding hydrogens is 404 g/mol. The number of carbonyl (C=O) groups excluding carboxylic acids is 3. The van der Waals surface area contributed by atoms with E-state index in [-0.39, 0.29) is 23.1 Å². The first-order chi connectivity index (χ1) is 14.4. The van der Waals surface area contributed by atoms with E-state index in [0.717, 1.165) is 0 Å². The average molecular weight is 427 g/mol. The Labute approximate surface area is 177 Å². The molecule has 3 atom stereocenters. The topological polar surface area (TPSA) is 163 Å². The number of rotatable bonds is 2. The first-order valence-corrected chi connectivity index (χ1v) is 9.75. The fourth-order valence-electron chi connectivity index (χ4n) is 5.14. The van der Waals surface area contributed by atoms with Gasteiger partial charge in [0, 0.05) is 0 Å². The lowest BCUT2D eigenvalue weighted by Gasteiger charge is -2.45. The van der Waals surface area contributed by atoms with E-state index < -0.39 is 52.1 Å². The molecule has 7 N–H and O–H groups in total. The summed E-state index contributed by atoms with van der Waals surface area (Å²) in [6.45, 7) is 1.71. The van der Waals surface area contributed by atoms with E-state index in [1.54, 1.807) is 33.2 Å². The average Bonchev–Trinajstić information content (AvgIpc) is 2.68. The van der Waals surface area contributed by atoms with E-state index >= 15 is 0 Å². The molecular formula is C22H23N2O7+. The normalized spacial score (nSPS) is 25.7. The van der Waals surface area contributed by atoms with Gasteiger partial charge in [0.15, 0.2) is 11.6 Å². The number of hydrogen-bond acceptors (Lipinski definition) is 7. The number of likely N-dealkylation sites (N-methyl/N-ethyl adjacent to an activating group) is 1. The van der Waals surface area contributed by atoms with Crippen molar-refractivity contribution in [2.45, 2.75) is 25.0 Å². The molecule has 1 amide bonds. The van der Waals surface area contributed by atoms with Crippen LogP contribution in [0.15, 0.2) is 29.5 Å². The minimum Gasteiger partial charge on any atom is -0.508 e. The van der Waals surface area contributed by atoms with Crippen molar-refractivity contribution in [3.8, 4) is 11.5 Å². The van der Waals surface area contributed by atoms with Crippen molar-refractivity contribution in [3.05, 3.63) is 46.2 Å². The number of aryl methyl sites for hydroxylation is 1. The fraction of sp³-hybridized carbons (Fsp3) is 0.318. The summed E-state index contributed by atoms with van der Waals surface area (Å²) in [7, 11) is 3.26. The van der Waals surface area contributed by atoms with Crippen molar-refractivity contribution in [2.24, 2.45) is 11.7 Å². The second-order valence-corrected chi connectivity index (χ2v) is 8.44. The molecule has 0 bridgehead atoms. The Hall–Kier alpha value is -3.43. The van der Waals surface area contributed by atoms with Crippen LogP contribution in [-0.4, -0.2) is 63.6 Å². The number of quaternary nitrogens is 1. The highest BCUT2D eigenvalue weighted by Gasteiger charge is 2.64. The molecule has 2 aliphatic rings. The van der Waals surface area contributed by atoms with Crippen molar-refractivity contribution in [1.82, 2.24) is 0 Å². The molecule has 0 heterocycles. The van der Waals surface area contributed by atoms with E-state index in [2.05, 4.69) is 0 Å². The summed E-state index contributed by atoms with van der Waals surface area (Å²) >= 11 is 0. The lowest BCUT2D eigenvalue weighted by molar-refractivity contribution is -0.880. The van der Waals surface area contributed by atoms with E-state index in [4.69, 9.17) is 5.73 Å². The highest BCUT2D eigenvalue weighted by Crippen LogP contribution is 2.49. The number of aliphatic hydroxyl groups is 2. The zero-order valence-electron chi connectivity index (χ0n) is 17.2. The Morgan fingerprint density at radius 1 is 1.19 bits per heavy atom. The second-order valence-electron chi connectivity index (χ2n) is 8.44. The summed E-state index contributed by atoms with van der Waals surface area (Å²) in [4.78, 5) is 39.1. The summed E-state index contributed by atoms with van der Waals surface area (Å²) in [6.07, 6.45) is -0.0275. The molecule has 0 radical (unpaired) electrons. The molecule has 31 heavy (non-hydrogen) atoms. The van der Waals surface area contributed by atoms with E-state index in [0.29, 0.717) is 21.4 Å². The van der Waals surface area contributed by atoms with Gasteiger partial charge in [-0.05, 0) is 35.9 Å². The van der Waals surface area contributed by atoms with Crippen LogP contribution in [0, 0.1) is 12.8 Å². The summed E-state index contributed by atoms with van der Waals surface area (Å²) in [5.74, 6) is -6.05. The Kier molecular flexibility index (Phi) is 4.39. The summed E-state index contributed by atoms with van der Waals surface area (Å²) in [5.41, 5.74) is 2.58. The molecule has 0 saturated heterocycles. The highest BCUT2D eigenvalue weighted by molar-refractivity contribution is 6.24. The number of nitrogens with two attached hydrogens (primary N) is 1. The number of phenols is 2. The molecule has 0 aliphatic heterocycles.